The standard InChI is InChI=1S/C17H25NO/c1-11(2)8-13-14-9-12(17(3,4)5)6-7-15(14)19-16(13)10-18/h6-7,9,11H,8,10,18H2,1-5H3. The van der Waals surface area contributed by atoms with Gasteiger partial charge < -0.3 is 10.2 Å². The summed E-state index contributed by atoms with van der Waals surface area (Å²) in [6, 6.07) is 6.51. The van der Waals surface area contributed by atoms with E-state index in [2.05, 4.69) is 52.8 Å². The van der Waals surface area contributed by atoms with Crippen LogP contribution in [0, 0.1) is 5.92 Å². The van der Waals surface area contributed by atoms with E-state index in [4.69, 9.17) is 10.2 Å². The van der Waals surface area contributed by atoms with Gasteiger partial charge in [-0.1, -0.05) is 40.7 Å². The van der Waals surface area contributed by atoms with Gasteiger partial charge in [0.25, 0.3) is 0 Å². The Hall–Kier alpha value is -1.28. The fourth-order valence-electron chi connectivity index (χ4n) is 2.46. The fourth-order valence-corrected chi connectivity index (χ4v) is 2.46. The second-order valence-corrected chi connectivity index (χ2v) is 6.77. The summed E-state index contributed by atoms with van der Waals surface area (Å²) >= 11 is 0. The molecular formula is C17H25NO. The summed E-state index contributed by atoms with van der Waals surface area (Å²) in [7, 11) is 0. The Morgan fingerprint density at radius 3 is 2.42 bits per heavy atom. The van der Waals surface area contributed by atoms with Gasteiger partial charge in [-0.25, -0.2) is 0 Å². The molecular weight excluding hydrogens is 234 g/mol. The van der Waals surface area contributed by atoms with Gasteiger partial charge in [0.05, 0.1) is 6.54 Å². The highest BCUT2D eigenvalue weighted by molar-refractivity contribution is 5.83. The van der Waals surface area contributed by atoms with Crippen molar-refractivity contribution in [1.29, 1.82) is 0 Å². The van der Waals surface area contributed by atoms with Gasteiger partial charge in [0.15, 0.2) is 0 Å². The van der Waals surface area contributed by atoms with Gasteiger partial charge in [-0.3, -0.25) is 0 Å². The zero-order valence-electron chi connectivity index (χ0n) is 12.7. The molecule has 2 N–H and O–H groups in total. The monoisotopic (exact) mass is 259 g/mol. The molecule has 0 amide bonds. The summed E-state index contributed by atoms with van der Waals surface area (Å²) < 4.78 is 5.89. The van der Waals surface area contributed by atoms with Gasteiger partial charge in [0.2, 0.25) is 0 Å². The molecule has 2 heteroatoms. The smallest absolute Gasteiger partial charge is 0.134 e. The molecule has 1 aromatic heterocycles. The van der Waals surface area contributed by atoms with Crippen molar-refractivity contribution in [1.82, 2.24) is 0 Å². The van der Waals surface area contributed by atoms with Crippen LogP contribution in [0.5, 0.6) is 0 Å². The third-order valence-electron chi connectivity index (χ3n) is 3.54. The topological polar surface area (TPSA) is 39.2 Å². The first-order chi connectivity index (χ1) is 8.82. The Balaban J connectivity index is 2.61. The first-order valence-electron chi connectivity index (χ1n) is 7.07. The van der Waals surface area contributed by atoms with Crippen LogP contribution in [0.2, 0.25) is 0 Å². The summed E-state index contributed by atoms with van der Waals surface area (Å²) in [5, 5.41) is 1.24. The first kappa shape index (κ1) is 14.1. The van der Waals surface area contributed by atoms with E-state index in [1.54, 1.807) is 0 Å². The molecule has 104 valence electrons. The minimum absolute atomic E-state index is 0.156. The lowest BCUT2D eigenvalue weighted by Gasteiger charge is -2.19. The van der Waals surface area contributed by atoms with Crippen molar-refractivity contribution in [3.05, 3.63) is 35.1 Å². The molecule has 0 spiro atoms. The molecule has 2 nitrogen and oxygen atoms in total. The molecule has 2 aromatic rings. The normalized spacial score (nSPS) is 12.6. The van der Waals surface area contributed by atoms with Gasteiger partial charge in [0, 0.05) is 10.9 Å². The van der Waals surface area contributed by atoms with Gasteiger partial charge >= 0.3 is 0 Å². The number of fused-ring (bicyclic) bond motifs is 1. The first-order valence-corrected chi connectivity index (χ1v) is 7.07. The van der Waals surface area contributed by atoms with E-state index < -0.39 is 0 Å². The SMILES string of the molecule is CC(C)Cc1c(CN)oc2ccc(C(C)(C)C)cc12. The Kier molecular flexibility index (Phi) is 3.73. The maximum absolute atomic E-state index is 5.89. The molecule has 0 atom stereocenters. The summed E-state index contributed by atoms with van der Waals surface area (Å²) in [6.45, 7) is 11.6. The average Bonchev–Trinajstić information content (AvgIpc) is 2.65. The van der Waals surface area contributed by atoms with Crippen LogP contribution >= 0.6 is 0 Å². The Labute approximate surface area is 116 Å². The zero-order chi connectivity index (χ0) is 14.2. The largest absolute Gasteiger partial charge is 0.459 e. The van der Waals surface area contributed by atoms with Crippen LogP contribution in [0.3, 0.4) is 0 Å². The molecule has 0 saturated carbocycles. The van der Waals surface area contributed by atoms with E-state index in [1.165, 1.54) is 16.5 Å². The number of furan rings is 1. The quantitative estimate of drug-likeness (QED) is 0.888. The molecule has 19 heavy (non-hydrogen) atoms. The van der Waals surface area contributed by atoms with Gasteiger partial charge in [0.1, 0.15) is 11.3 Å². The highest BCUT2D eigenvalue weighted by Crippen LogP contribution is 2.32. The van der Waals surface area contributed by atoms with E-state index in [9.17, 15) is 0 Å². The molecule has 0 aliphatic heterocycles. The Bertz CT molecular complexity index is 573. The highest BCUT2D eigenvalue weighted by atomic mass is 16.3. The van der Waals surface area contributed by atoms with Crippen LogP contribution < -0.4 is 5.73 Å². The molecule has 1 heterocycles. The van der Waals surface area contributed by atoms with Crippen LogP contribution in [-0.4, -0.2) is 0 Å². The van der Waals surface area contributed by atoms with E-state index in [0.717, 1.165) is 17.8 Å². The second-order valence-electron chi connectivity index (χ2n) is 6.77. The average molecular weight is 259 g/mol. The van der Waals surface area contributed by atoms with Gasteiger partial charge in [-0.2, -0.15) is 0 Å². The third-order valence-corrected chi connectivity index (χ3v) is 3.54. The van der Waals surface area contributed by atoms with Crippen LogP contribution in [0.25, 0.3) is 11.0 Å². The third kappa shape index (κ3) is 2.84. The number of benzene rings is 1. The zero-order valence-corrected chi connectivity index (χ0v) is 12.7. The summed E-state index contributed by atoms with van der Waals surface area (Å²) in [4.78, 5) is 0. The van der Waals surface area contributed by atoms with Gasteiger partial charge in [-0.05, 0) is 35.4 Å². The van der Waals surface area contributed by atoms with Crippen molar-refractivity contribution < 1.29 is 4.42 Å². The molecule has 1 aromatic carbocycles. The van der Waals surface area contributed by atoms with E-state index in [1.807, 2.05) is 0 Å². The van der Waals surface area contributed by atoms with Crippen LogP contribution in [0.1, 0.15) is 51.5 Å². The summed E-state index contributed by atoms with van der Waals surface area (Å²) in [6.07, 6.45) is 1.02. The van der Waals surface area contributed by atoms with Gasteiger partial charge in [-0.15, -0.1) is 0 Å². The maximum Gasteiger partial charge on any atom is 0.134 e. The minimum atomic E-state index is 0.156. The molecule has 0 aliphatic carbocycles. The number of hydrogen-bond donors (Lipinski definition) is 1. The number of hydrogen-bond acceptors (Lipinski definition) is 2. The van der Waals surface area contributed by atoms with E-state index in [-0.39, 0.29) is 5.41 Å². The van der Waals surface area contributed by atoms with E-state index in [0.29, 0.717) is 12.5 Å². The molecule has 0 bridgehead atoms. The molecule has 0 fully saturated rings. The van der Waals surface area contributed by atoms with Crippen LogP contribution in [0.4, 0.5) is 0 Å². The van der Waals surface area contributed by atoms with Crippen molar-refractivity contribution >= 4 is 11.0 Å². The summed E-state index contributed by atoms with van der Waals surface area (Å²) in [5.74, 6) is 1.54. The van der Waals surface area contributed by atoms with Crippen LogP contribution in [0.15, 0.2) is 22.6 Å². The lowest BCUT2D eigenvalue weighted by Crippen LogP contribution is -2.10. The Morgan fingerprint density at radius 2 is 1.89 bits per heavy atom. The van der Waals surface area contributed by atoms with Crippen LogP contribution in [-0.2, 0) is 18.4 Å². The summed E-state index contributed by atoms with van der Waals surface area (Å²) in [5.41, 5.74) is 9.57. The van der Waals surface area contributed by atoms with Crippen molar-refractivity contribution in [2.75, 3.05) is 0 Å². The van der Waals surface area contributed by atoms with Crippen molar-refractivity contribution in [3.8, 4) is 0 Å². The highest BCUT2D eigenvalue weighted by Gasteiger charge is 2.18. The molecule has 0 unspecified atom stereocenters. The van der Waals surface area contributed by atoms with Crippen molar-refractivity contribution in [3.63, 3.8) is 0 Å². The number of nitrogens with two attached hydrogens (primary N) is 1. The van der Waals surface area contributed by atoms with Crippen molar-refractivity contribution in [2.24, 2.45) is 11.7 Å². The van der Waals surface area contributed by atoms with E-state index >= 15 is 0 Å². The molecule has 2 rings (SSSR count). The predicted octanol–water partition coefficient (Wildman–Crippen LogP) is 4.39. The lowest BCUT2D eigenvalue weighted by molar-refractivity contribution is 0.535. The fraction of sp³-hybridized carbons (Fsp3) is 0.529. The minimum Gasteiger partial charge on any atom is -0.459 e. The molecule has 0 radical (unpaired) electrons. The predicted molar refractivity (Wildman–Crippen MR) is 81.3 cm³/mol. The molecule has 0 aliphatic rings. The lowest BCUT2D eigenvalue weighted by atomic mass is 9.86. The van der Waals surface area contributed by atoms with Crippen molar-refractivity contribution in [2.45, 2.75) is 53.0 Å². The Morgan fingerprint density at radius 1 is 1.21 bits per heavy atom. The maximum atomic E-state index is 5.89. The second kappa shape index (κ2) is 5.01. The number of rotatable bonds is 3. The molecule has 0 saturated heterocycles.